The number of benzene rings is 3. The lowest BCUT2D eigenvalue weighted by Gasteiger charge is -2.24. The summed E-state index contributed by atoms with van der Waals surface area (Å²) in [6.45, 7) is 2.52. The van der Waals surface area contributed by atoms with E-state index in [9.17, 15) is 13.2 Å². The van der Waals surface area contributed by atoms with Gasteiger partial charge in [0.05, 0.1) is 23.6 Å². The fourth-order valence-corrected chi connectivity index (χ4v) is 5.08. The average molecular weight is 491 g/mol. The van der Waals surface area contributed by atoms with Crippen LogP contribution in [0.4, 0.5) is 11.4 Å². The highest BCUT2D eigenvalue weighted by atomic mass is 32.2. The number of hydrogen-bond acceptors (Lipinski definition) is 6. The van der Waals surface area contributed by atoms with Crippen LogP contribution in [0.3, 0.4) is 0 Å². The number of rotatable bonds is 6. The van der Waals surface area contributed by atoms with E-state index in [-0.39, 0.29) is 10.8 Å². The van der Waals surface area contributed by atoms with Crippen molar-refractivity contribution in [1.82, 2.24) is 4.90 Å². The molecule has 9 heteroatoms. The number of nitrogens with zero attached hydrogens (tertiary/aromatic N) is 3. The molecule has 4 rings (SSSR count). The molecule has 1 heterocycles. The molecule has 180 valence electrons. The molecule has 35 heavy (non-hydrogen) atoms. The highest BCUT2D eigenvalue weighted by Crippen LogP contribution is 2.22. The Morgan fingerprint density at radius 1 is 0.971 bits per heavy atom. The molecule has 0 bridgehead atoms. The van der Waals surface area contributed by atoms with E-state index >= 15 is 0 Å². The van der Waals surface area contributed by atoms with E-state index in [4.69, 9.17) is 10.00 Å². The molecular formula is C26H26N4O4S. The molecule has 8 nitrogen and oxygen atoms in total. The van der Waals surface area contributed by atoms with Gasteiger partial charge in [-0.25, -0.2) is 8.42 Å². The van der Waals surface area contributed by atoms with Gasteiger partial charge in [0.25, 0.3) is 15.9 Å². The third-order valence-electron chi connectivity index (χ3n) is 5.88. The molecule has 1 saturated heterocycles. The summed E-state index contributed by atoms with van der Waals surface area (Å²) >= 11 is 0. The van der Waals surface area contributed by atoms with Gasteiger partial charge in [0, 0.05) is 43.1 Å². The van der Waals surface area contributed by atoms with Crippen LogP contribution >= 0.6 is 0 Å². The van der Waals surface area contributed by atoms with Crippen LogP contribution in [0.2, 0.25) is 0 Å². The summed E-state index contributed by atoms with van der Waals surface area (Å²) in [5.41, 5.74) is 2.35. The lowest BCUT2D eigenvalue weighted by Crippen LogP contribution is -2.35. The average Bonchev–Trinajstić information content (AvgIpc) is 3.15. The second kappa shape index (κ2) is 10.5. The highest BCUT2D eigenvalue weighted by Gasteiger charge is 2.22. The first-order valence-electron chi connectivity index (χ1n) is 11.2. The minimum Gasteiger partial charge on any atom is -0.497 e. The molecule has 0 spiro atoms. The Balaban J connectivity index is 1.45. The minimum atomic E-state index is -3.87. The van der Waals surface area contributed by atoms with Gasteiger partial charge in [-0.15, -0.1) is 0 Å². The second-order valence-corrected chi connectivity index (χ2v) is 9.84. The van der Waals surface area contributed by atoms with Crippen LogP contribution in [0.1, 0.15) is 22.3 Å². The second-order valence-electron chi connectivity index (χ2n) is 8.15. The fourth-order valence-electron chi connectivity index (χ4n) is 3.98. The first kappa shape index (κ1) is 24.1. The maximum atomic E-state index is 13.2. The van der Waals surface area contributed by atoms with E-state index in [1.807, 2.05) is 12.1 Å². The van der Waals surface area contributed by atoms with Crippen LogP contribution < -0.4 is 14.4 Å². The first-order valence-corrected chi connectivity index (χ1v) is 12.7. The Labute approximate surface area is 205 Å². The SMILES string of the molecule is COc1ccc(NS(=O)(=O)c2cccc(C(=O)N3CCCN(c4ccc(C#N)cc4)CC3)c2)cc1. The van der Waals surface area contributed by atoms with Crippen LogP contribution in [-0.4, -0.2) is 52.5 Å². The number of nitriles is 1. The lowest BCUT2D eigenvalue weighted by atomic mass is 10.2. The standard InChI is InChI=1S/C26H26N4O4S/c1-34-24-12-8-22(9-13-24)28-35(32,33)25-5-2-4-21(18-25)26(31)30-15-3-14-29(16-17-30)23-10-6-20(19-27)7-11-23/h2,4-13,18,28H,3,14-17H2,1H3. The summed E-state index contributed by atoms with van der Waals surface area (Å²) < 4.78 is 33.5. The van der Waals surface area contributed by atoms with Crippen LogP contribution in [-0.2, 0) is 10.0 Å². The first-order chi connectivity index (χ1) is 16.9. The Hall–Kier alpha value is -4.03. The van der Waals surface area contributed by atoms with Crippen molar-refractivity contribution < 1.29 is 17.9 Å². The van der Waals surface area contributed by atoms with Crippen molar-refractivity contribution in [3.8, 4) is 11.8 Å². The maximum absolute atomic E-state index is 13.2. The number of methoxy groups -OCH3 is 1. The minimum absolute atomic E-state index is 0.0215. The van der Waals surface area contributed by atoms with E-state index in [0.29, 0.717) is 42.2 Å². The van der Waals surface area contributed by atoms with Gasteiger partial charge < -0.3 is 14.5 Å². The van der Waals surface area contributed by atoms with Gasteiger partial charge >= 0.3 is 0 Å². The molecule has 3 aromatic carbocycles. The normalized spacial score (nSPS) is 14.1. The molecule has 0 aromatic heterocycles. The zero-order chi connectivity index (χ0) is 24.8. The fraction of sp³-hybridized carbons (Fsp3) is 0.231. The van der Waals surface area contributed by atoms with Crippen LogP contribution in [0.25, 0.3) is 0 Å². The Morgan fingerprint density at radius 3 is 2.40 bits per heavy atom. The van der Waals surface area contributed by atoms with E-state index in [0.717, 1.165) is 18.7 Å². The predicted octanol–water partition coefficient (Wildman–Crippen LogP) is 3.72. The van der Waals surface area contributed by atoms with Gasteiger partial charge in [-0.2, -0.15) is 5.26 Å². The molecule has 0 aliphatic carbocycles. The van der Waals surface area contributed by atoms with Crippen molar-refractivity contribution in [3.05, 3.63) is 83.9 Å². The van der Waals surface area contributed by atoms with E-state index in [2.05, 4.69) is 15.7 Å². The zero-order valence-corrected chi connectivity index (χ0v) is 20.2. The van der Waals surface area contributed by atoms with Gasteiger partial charge in [-0.05, 0) is 73.2 Å². The number of anilines is 2. The molecule has 1 amide bonds. The van der Waals surface area contributed by atoms with Gasteiger partial charge in [0.2, 0.25) is 0 Å². The van der Waals surface area contributed by atoms with Crippen molar-refractivity contribution in [3.63, 3.8) is 0 Å². The molecule has 1 N–H and O–H groups in total. The topological polar surface area (TPSA) is 103 Å². The van der Waals surface area contributed by atoms with Gasteiger partial charge in [-0.1, -0.05) is 6.07 Å². The summed E-state index contributed by atoms with van der Waals surface area (Å²) in [6.07, 6.45) is 0.781. The molecule has 0 atom stereocenters. The lowest BCUT2D eigenvalue weighted by molar-refractivity contribution is 0.0766. The number of carbonyl (C=O) groups excluding carboxylic acids is 1. The summed E-state index contributed by atoms with van der Waals surface area (Å²) in [6, 6.07) is 22.2. The van der Waals surface area contributed by atoms with Gasteiger partial charge in [0.1, 0.15) is 5.75 Å². The summed E-state index contributed by atoms with van der Waals surface area (Å²) in [5, 5.41) is 9.00. The highest BCUT2D eigenvalue weighted by molar-refractivity contribution is 7.92. The number of sulfonamides is 1. The van der Waals surface area contributed by atoms with Crippen molar-refractivity contribution in [2.45, 2.75) is 11.3 Å². The van der Waals surface area contributed by atoms with Crippen molar-refractivity contribution in [2.75, 3.05) is 42.9 Å². The Kier molecular flexibility index (Phi) is 7.22. The number of carbonyl (C=O) groups is 1. The molecule has 0 radical (unpaired) electrons. The summed E-state index contributed by atoms with van der Waals surface area (Å²) in [4.78, 5) is 17.2. The predicted molar refractivity (Wildman–Crippen MR) is 134 cm³/mol. The summed E-state index contributed by atoms with van der Waals surface area (Å²) in [7, 11) is -2.33. The van der Waals surface area contributed by atoms with Crippen molar-refractivity contribution in [2.24, 2.45) is 0 Å². The number of hydrogen-bond donors (Lipinski definition) is 1. The molecule has 1 aliphatic rings. The zero-order valence-electron chi connectivity index (χ0n) is 19.3. The monoisotopic (exact) mass is 490 g/mol. The number of ether oxygens (including phenoxy) is 1. The molecule has 3 aromatic rings. The van der Waals surface area contributed by atoms with E-state index in [1.54, 1.807) is 53.4 Å². The van der Waals surface area contributed by atoms with Crippen molar-refractivity contribution >= 4 is 27.3 Å². The number of nitrogens with one attached hydrogen (secondary N) is 1. The van der Waals surface area contributed by atoms with E-state index in [1.165, 1.54) is 19.2 Å². The van der Waals surface area contributed by atoms with Crippen LogP contribution in [0.5, 0.6) is 5.75 Å². The van der Waals surface area contributed by atoms with Gasteiger partial charge in [0.15, 0.2) is 0 Å². The Morgan fingerprint density at radius 2 is 1.71 bits per heavy atom. The quantitative estimate of drug-likeness (QED) is 0.565. The molecule has 1 aliphatic heterocycles. The van der Waals surface area contributed by atoms with Crippen LogP contribution in [0, 0.1) is 11.3 Å². The number of amides is 1. The molecule has 0 saturated carbocycles. The smallest absolute Gasteiger partial charge is 0.261 e. The van der Waals surface area contributed by atoms with E-state index < -0.39 is 10.0 Å². The maximum Gasteiger partial charge on any atom is 0.261 e. The summed E-state index contributed by atoms with van der Waals surface area (Å²) in [5.74, 6) is 0.420. The third-order valence-corrected chi connectivity index (χ3v) is 7.26. The molecule has 1 fully saturated rings. The van der Waals surface area contributed by atoms with Gasteiger partial charge in [-0.3, -0.25) is 9.52 Å². The van der Waals surface area contributed by atoms with Crippen molar-refractivity contribution in [1.29, 1.82) is 5.26 Å². The largest absolute Gasteiger partial charge is 0.497 e. The van der Waals surface area contributed by atoms with Crippen LogP contribution in [0.15, 0.2) is 77.7 Å². The Bertz CT molecular complexity index is 1330. The molecule has 0 unspecified atom stereocenters. The third kappa shape index (κ3) is 5.73. The molecular weight excluding hydrogens is 464 g/mol.